The standard InChI is InChI=1S/C27H34F3NO3/c1-26(2,3)21-7-9-23(10-8-21)34-24-6-4-5-19(16-24)20-13-18(17-31-12-11-25(32)33)14-22(15-20)27(28,29)30/h4-6,13-16,21,23,31H,7-12,17H2,1-3H3,(H,32,33). The molecule has 2 aromatic rings. The van der Waals surface area contributed by atoms with Crippen LogP contribution in [0.15, 0.2) is 42.5 Å². The minimum atomic E-state index is -4.48. The van der Waals surface area contributed by atoms with Gasteiger partial charge in [-0.25, -0.2) is 0 Å². The Balaban J connectivity index is 1.75. The zero-order valence-corrected chi connectivity index (χ0v) is 20.0. The fourth-order valence-electron chi connectivity index (χ4n) is 4.54. The highest BCUT2D eigenvalue weighted by Gasteiger charge is 2.32. The molecule has 1 aliphatic rings. The average molecular weight is 478 g/mol. The normalized spacial score (nSPS) is 19.1. The third-order valence-electron chi connectivity index (χ3n) is 6.53. The van der Waals surface area contributed by atoms with Crippen molar-refractivity contribution < 1.29 is 27.8 Å². The van der Waals surface area contributed by atoms with Crippen LogP contribution >= 0.6 is 0 Å². The first-order valence-corrected chi connectivity index (χ1v) is 11.8. The van der Waals surface area contributed by atoms with Gasteiger partial charge < -0.3 is 15.2 Å². The van der Waals surface area contributed by atoms with Crippen LogP contribution in [0, 0.1) is 11.3 Å². The number of aliphatic carboxylic acids is 1. The van der Waals surface area contributed by atoms with Crippen LogP contribution in [-0.4, -0.2) is 23.7 Å². The lowest BCUT2D eigenvalue weighted by atomic mass is 9.72. The largest absolute Gasteiger partial charge is 0.490 e. The van der Waals surface area contributed by atoms with Crippen LogP contribution in [0.25, 0.3) is 11.1 Å². The molecule has 34 heavy (non-hydrogen) atoms. The van der Waals surface area contributed by atoms with Crippen molar-refractivity contribution in [3.05, 3.63) is 53.6 Å². The molecule has 4 nitrogen and oxygen atoms in total. The van der Waals surface area contributed by atoms with Crippen LogP contribution in [-0.2, 0) is 17.5 Å². The lowest BCUT2D eigenvalue weighted by molar-refractivity contribution is -0.138. The molecule has 2 N–H and O–H groups in total. The molecule has 0 saturated heterocycles. The molecule has 0 amide bonds. The molecule has 0 bridgehead atoms. The summed E-state index contributed by atoms with van der Waals surface area (Å²) in [6.45, 7) is 7.15. The van der Waals surface area contributed by atoms with E-state index >= 15 is 0 Å². The minimum Gasteiger partial charge on any atom is -0.490 e. The van der Waals surface area contributed by atoms with Gasteiger partial charge in [0.25, 0.3) is 0 Å². The van der Waals surface area contributed by atoms with Crippen LogP contribution in [0.4, 0.5) is 13.2 Å². The van der Waals surface area contributed by atoms with E-state index in [2.05, 4.69) is 26.1 Å². The van der Waals surface area contributed by atoms with Crippen LogP contribution in [0.2, 0.25) is 0 Å². The van der Waals surface area contributed by atoms with Crippen molar-refractivity contribution in [3.8, 4) is 16.9 Å². The van der Waals surface area contributed by atoms with E-state index in [1.807, 2.05) is 6.07 Å². The highest BCUT2D eigenvalue weighted by atomic mass is 19.4. The smallest absolute Gasteiger partial charge is 0.416 e. The van der Waals surface area contributed by atoms with Gasteiger partial charge in [-0.05, 0) is 84.0 Å². The molecule has 2 aromatic carbocycles. The molecule has 0 aromatic heterocycles. The first-order valence-electron chi connectivity index (χ1n) is 11.8. The Bertz CT molecular complexity index is 974. The number of halogens is 3. The van der Waals surface area contributed by atoms with E-state index < -0.39 is 17.7 Å². The topological polar surface area (TPSA) is 58.6 Å². The number of benzene rings is 2. The number of rotatable bonds is 8. The minimum absolute atomic E-state index is 0.0944. The Morgan fingerprint density at radius 2 is 1.74 bits per heavy atom. The number of ether oxygens (including phenoxy) is 1. The second kappa shape index (κ2) is 10.8. The maximum absolute atomic E-state index is 13.5. The quantitative estimate of drug-likeness (QED) is 0.405. The van der Waals surface area contributed by atoms with Crippen molar-refractivity contribution in [3.63, 3.8) is 0 Å². The predicted octanol–water partition coefficient (Wildman–Crippen LogP) is 6.92. The number of carbonyl (C=O) groups is 1. The van der Waals surface area contributed by atoms with Gasteiger partial charge in [0.05, 0.1) is 18.1 Å². The molecule has 0 unspecified atom stereocenters. The molecule has 7 heteroatoms. The van der Waals surface area contributed by atoms with Crippen LogP contribution in [0.5, 0.6) is 5.75 Å². The third-order valence-corrected chi connectivity index (χ3v) is 6.53. The molecule has 0 atom stereocenters. The summed E-state index contributed by atoms with van der Waals surface area (Å²) in [5, 5.41) is 11.6. The van der Waals surface area contributed by atoms with Gasteiger partial charge in [-0.3, -0.25) is 4.79 Å². The summed E-state index contributed by atoms with van der Waals surface area (Å²) in [7, 11) is 0. The van der Waals surface area contributed by atoms with Gasteiger partial charge in [-0.2, -0.15) is 13.2 Å². The van der Waals surface area contributed by atoms with E-state index in [-0.39, 0.29) is 31.0 Å². The molecule has 1 aliphatic carbocycles. The maximum atomic E-state index is 13.5. The fourth-order valence-corrected chi connectivity index (χ4v) is 4.54. The second-order valence-corrected chi connectivity index (χ2v) is 10.2. The number of carboxylic acids is 1. The number of hydrogen-bond acceptors (Lipinski definition) is 3. The fraction of sp³-hybridized carbons (Fsp3) is 0.519. The highest BCUT2D eigenvalue weighted by molar-refractivity contribution is 5.67. The molecule has 186 valence electrons. The zero-order chi connectivity index (χ0) is 24.9. The van der Waals surface area contributed by atoms with Gasteiger partial charge in [0.15, 0.2) is 0 Å². The monoisotopic (exact) mass is 477 g/mol. The molecule has 1 fully saturated rings. The summed E-state index contributed by atoms with van der Waals surface area (Å²) in [6.07, 6.45) is -0.290. The van der Waals surface area contributed by atoms with Gasteiger partial charge in [0.1, 0.15) is 5.75 Å². The second-order valence-electron chi connectivity index (χ2n) is 10.2. The Hall–Kier alpha value is -2.54. The van der Waals surface area contributed by atoms with Crippen LogP contribution in [0.1, 0.15) is 64.0 Å². The van der Waals surface area contributed by atoms with E-state index in [0.29, 0.717) is 28.4 Å². The summed E-state index contributed by atoms with van der Waals surface area (Å²) in [6, 6.07) is 11.2. The van der Waals surface area contributed by atoms with E-state index in [1.54, 1.807) is 24.3 Å². The van der Waals surface area contributed by atoms with Crippen molar-refractivity contribution in [2.24, 2.45) is 11.3 Å². The van der Waals surface area contributed by atoms with Gasteiger partial charge in [0.2, 0.25) is 0 Å². The molecule has 0 radical (unpaired) electrons. The first kappa shape index (κ1) is 26.1. The number of hydrogen-bond donors (Lipinski definition) is 2. The maximum Gasteiger partial charge on any atom is 0.416 e. The Morgan fingerprint density at radius 1 is 1.03 bits per heavy atom. The Morgan fingerprint density at radius 3 is 2.35 bits per heavy atom. The van der Waals surface area contributed by atoms with Crippen molar-refractivity contribution in [1.29, 1.82) is 0 Å². The van der Waals surface area contributed by atoms with E-state index in [1.165, 1.54) is 0 Å². The van der Waals surface area contributed by atoms with Gasteiger partial charge in [0, 0.05) is 13.1 Å². The van der Waals surface area contributed by atoms with Gasteiger partial charge in [-0.15, -0.1) is 0 Å². The van der Waals surface area contributed by atoms with Gasteiger partial charge >= 0.3 is 12.1 Å². The SMILES string of the molecule is CC(C)(C)C1CCC(Oc2cccc(-c3cc(CNCCC(=O)O)cc(C(F)(F)F)c3)c2)CC1. The summed E-state index contributed by atoms with van der Waals surface area (Å²) >= 11 is 0. The first-order chi connectivity index (χ1) is 15.9. The summed E-state index contributed by atoms with van der Waals surface area (Å²) in [5.41, 5.74) is 1.11. The summed E-state index contributed by atoms with van der Waals surface area (Å²) < 4.78 is 46.8. The summed E-state index contributed by atoms with van der Waals surface area (Å²) in [4.78, 5) is 10.7. The van der Waals surface area contributed by atoms with Crippen molar-refractivity contribution in [1.82, 2.24) is 5.32 Å². The van der Waals surface area contributed by atoms with Crippen LogP contribution < -0.4 is 10.1 Å². The molecular weight excluding hydrogens is 443 g/mol. The van der Waals surface area contributed by atoms with Crippen LogP contribution in [0.3, 0.4) is 0 Å². The van der Waals surface area contributed by atoms with Crippen molar-refractivity contribution in [2.75, 3.05) is 6.54 Å². The number of alkyl halides is 3. The van der Waals surface area contributed by atoms with Crippen molar-refractivity contribution >= 4 is 5.97 Å². The third kappa shape index (κ3) is 7.49. The molecular formula is C27H34F3NO3. The lowest BCUT2D eigenvalue weighted by Crippen LogP contribution is -2.30. The Labute approximate surface area is 199 Å². The van der Waals surface area contributed by atoms with E-state index in [4.69, 9.17) is 9.84 Å². The molecule has 0 spiro atoms. The lowest BCUT2D eigenvalue weighted by Gasteiger charge is -2.37. The molecule has 0 heterocycles. The van der Waals surface area contributed by atoms with Crippen molar-refractivity contribution in [2.45, 2.75) is 71.7 Å². The van der Waals surface area contributed by atoms with E-state index in [9.17, 15) is 18.0 Å². The Kier molecular flexibility index (Phi) is 8.29. The van der Waals surface area contributed by atoms with Gasteiger partial charge in [-0.1, -0.05) is 32.9 Å². The molecule has 0 aliphatic heterocycles. The van der Waals surface area contributed by atoms with E-state index in [0.717, 1.165) is 37.8 Å². The average Bonchev–Trinajstić information content (AvgIpc) is 2.76. The number of nitrogens with one attached hydrogen (secondary N) is 1. The molecule has 3 rings (SSSR count). The predicted molar refractivity (Wildman–Crippen MR) is 127 cm³/mol. The zero-order valence-electron chi connectivity index (χ0n) is 20.0. The molecule has 1 saturated carbocycles. The number of carboxylic acid groups (broad SMARTS) is 1. The summed E-state index contributed by atoms with van der Waals surface area (Å²) in [5.74, 6) is 0.377. The highest BCUT2D eigenvalue weighted by Crippen LogP contribution is 2.39.